The zero-order valence-electron chi connectivity index (χ0n) is 16.6. The van der Waals surface area contributed by atoms with Gasteiger partial charge in [0.25, 0.3) is 5.91 Å². The molecule has 31 heavy (non-hydrogen) atoms. The van der Waals surface area contributed by atoms with Gasteiger partial charge in [-0.1, -0.05) is 0 Å². The normalized spacial score (nSPS) is 10.3. The van der Waals surface area contributed by atoms with Gasteiger partial charge in [-0.25, -0.2) is 9.18 Å². The summed E-state index contributed by atoms with van der Waals surface area (Å²) >= 11 is 0. The minimum atomic E-state index is -0.883. The Morgan fingerprint density at radius 1 is 1.00 bits per heavy atom. The molecular formula is C22H18FNO7. The molecule has 0 saturated carbocycles. The van der Waals surface area contributed by atoms with Crippen LogP contribution >= 0.6 is 0 Å². The molecule has 0 aliphatic rings. The SMILES string of the molecule is COc1cc(NC(=O)c2ccco2)c(C(=O)OCC(=O)c2ccc(F)cc2)cc1OC. The average molecular weight is 427 g/mol. The number of furan rings is 1. The first-order chi connectivity index (χ1) is 14.9. The molecule has 3 rings (SSSR count). The number of nitrogens with one attached hydrogen (secondary N) is 1. The highest BCUT2D eigenvalue weighted by Gasteiger charge is 2.22. The smallest absolute Gasteiger partial charge is 0.340 e. The average Bonchev–Trinajstić information content (AvgIpc) is 3.32. The largest absolute Gasteiger partial charge is 0.493 e. The number of ether oxygens (including phenoxy) is 3. The van der Waals surface area contributed by atoms with E-state index >= 15 is 0 Å². The Hall–Kier alpha value is -4.14. The van der Waals surface area contributed by atoms with Crippen molar-refractivity contribution in [2.75, 3.05) is 26.1 Å². The number of ketones is 1. The van der Waals surface area contributed by atoms with Crippen LogP contribution in [0, 0.1) is 5.82 Å². The van der Waals surface area contributed by atoms with Crippen molar-refractivity contribution in [3.05, 3.63) is 77.5 Å². The molecule has 1 N–H and O–H groups in total. The molecule has 0 aliphatic carbocycles. The Labute approximate surface area is 176 Å². The molecule has 0 atom stereocenters. The minimum Gasteiger partial charge on any atom is -0.493 e. The van der Waals surface area contributed by atoms with E-state index < -0.39 is 30.1 Å². The standard InChI is InChI=1S/C22H18FNO7/c1-28-19-10-15(22(27)31-12-17(25)13-5-7-14(23)8-6-13)16(11-20(19)29-2)24-21(26)18-4-3-9-30-18/h3-11H,12H2,1-2H3,(H,24,26). The fourth-order valence-corrected chi connectivity index (χ4v) is 2.67. The van der Waals surface area contributed by atoms with Gasteiger partial charge in [-0.15, -0.1) is 0 Å². The molecule has 0 spiro atoms. The molecular weight excluding hydrogens is 409 g/mol. The maximum Gasteiger partial charge on any atom is 0.340 e. The van der Waals surface area contributed by atoms with Gasteiger partial charge in [0.1, 0.15) is 5.82 Å². The van der Waals surface area contributed by atoms with Gasteiger partial charge < -0.3 is 23.9 Å². The topological polar surface area (TPSA) is 104 Å². The zero-order valence-corrected chi connectivity index (χ0v) is 16.6. The number of esters is 1. The fourth-order valence-electron chi connectivity index (χ4n) is 2.67. The third-order valence-corrected chi connectivity index (χ3v) is 4.24. The second-order valence-corrected chi connectivity index (χ2v) is 6.19. The van der Waals surface area contributed by atoms with E-state index in [1.54, 1.807) is 6.07 Å². The summed E-state index contributed by atoms with van der Waals surface area (Å²) < 4.78 is 33.6. The number of amides is 1. The second kappa shape index (κ2) is 9.57. The van der Waals surface area contributed by atoms with E-state index in [-0.39, 0.29) is 34.1 Å². The van der Waals surface area contributed by atoms with E-state index in [2.05, 4.69) is 5.32 Å². The lowest BCUT2D eigenvalue weighted by Crippen LogP contribution is -2.18. The lowest BCUT2D eigenvalue weighted by atomic mass is 10.1. The molecule has 0 fully saturated rings. The first-order valence-corrected chi connectivity index (χ1v) is 8.99. The number of anilines is 1. The number of benzene rings is 2. The van der Waals surface area contributed by atoms with Crippen LogP contribution in [0.4, 0.5) is 10.1 Å². The van der Waals surface area contributed by atoms with E-state index in [1.807, 2.05) is 0 Å². The van der Waals surface area contributed by atoms with Crippen molar-refractivity contribution < 1.29 is 37.4 Å². The number of carbonyl (C=O) groups is 3. The van der Waals surface area contributed by atoms with Crippen molar-refractivity contribution >= 4 is 23.3 Å². The minimum absolute atomic E-state index is 0.0283. The molecule has 0 unspecified atom stereocenters. The van der Waals surface area contributed by atoms with Crippen LogP contribution in [0.3, 0.4) is 0 Å². The molecule has 0 aliphatic heterocycles. The maximum absolute atomic E-state index is 13.0. The fraction of sp³-hybridized carbons (Fsp3) is 0.136. The van der Waals surface area contributed by atoms with Gasteiger partial charge in [0.2, 0.25) is 0 Å². The molecule has 1 heterocycles. The van der Waals surface area contributed by atoms with Gasteiger partial charge >= 0.3 is 5.97 Å². The number of halogens is 1. The molecule has 0 bridgehead atoms. The molecule has 160 valence electrons. The highest BCUT2D eigenvalue weighted by molar-refractivity contribution is 6.07. The first-order valence-electron chi connectivity index (χ1n) is 8.99. The highest BCUT2D eigenvalue weighted by atomic mass is 19.1. The summed E-state index contributed by atoms with van der Waals surface area (Å²) in [5.41, 5.74) is 0.190. The Bertz CT molecular complexity index is 1090. The Morgan fingerprint density at radius 2 is 1.68 bits per heavy atom. The second-order valence-electron chi connectivity index (χ2n) is 6.19. The highest BCUT2D eigenvalue weighted by Crippen LogP contribution is 2.34. The van der Waals surface area contributed by atoms with Crippen LogP contribution in [0.5, 0.6) is 11.5 Å². The van der Waals surface area contributed by atoms with Crippen molar-refractivity contribution in [2.24, 2.45) is 0 Å². The van der Waals surface area contributed by atoms with E-state index in [0.29, 0.717) is 0 Å². The van der Waals surface area contributed by atoms with Crippen LogP contribution in [-0.4, -0.2) is 38.5 Å². The first kappa shape index (κ1) is 21.6. The number of carbonyl (C=O) groups excluding carboxylic acids is 3. The summed E-state index contributed by atoms with van der Waals surface area (Å²) in [6.45, 7) is -0.579. The molecule has 1 amide bonds. The van der Waals surface area contributed by atoms with Crippen molar-refractivity contribution in [3.8, 4) is 11.5 Å². The Morgan fingerprint density at radius 3 is 2.29 bits per heavy atom. The zero-order chi connectivity index (χ0) is 22.4. The third-order valence-electron chi connectivity index (χ3n) is 4.24. The van der Waals surface area contributed by atoms with Crippen molar-refractivity contribution in [2.45, 2.75) is 0 Å². The molecule has 9 heteroatoms. The van der Waals surface area contributed by atoms with Crippen molar-refractivity contribution in [1.29, 1.82) is 0 Å². The monoisotopic (exact) mass is 427 g/mol. The van der Waals surface area contributed by atoms with E-state index in [1.165, 1.54) is 50.8 Å². The molecule has 2 aromatic carbocycles. The summed E-state index contributed by atoms with van der Waals surface area (Å²) in [5, 5.41) is 2.55. The van der Waals surface area contributed by atoms with Crippen molar-refractivity contribution in [3.63, 3.8) is 0 Å². The summed E-state index contributed by atoms with van der Waals surface area (Å²) in [6.07, 6.45) is 1.33. The number of rotatable bonds is 8. The van der Waals surface area contributed by atoms with Gasteiger partial charge in [0, 0.05) is 17.7 Å². The van der Waals surface area contributed by atoms with Crippen LogP contribution in [0.2, 0.25) is 0 Å². The predicted molar refractivity (Wildman–Crippen MR) is 107 cm³/mol. The summed E-state index contributed by atoms with van der Waals surface area (Å²) in [6, 6.07) is 10.5. The summed E-state index contributed by atoms with van der Waals surface area (Å²) in [7, 11) is 2.78. The van der Waals surface area contributed by atoms with Crippen LogP contribution in [0.15, 0.2) is 59.2 Å². The molecule has 0 radical (unpaired) electrons. The van der Waals surface area contributed by atoms with Crippen LogP contribution in [-0.2, 0) is 4.74 Å². The van der Waals surface area contributed by atoms with Gasteiger partial charge in [-0.3, -0.25) is 9.59 Å². The summed E-state index contributed by atoms with van der Waals surface area (Å²) in [5.74, 6) is -1.99. The molecule has 0 saturated heterocycles. The molecule has 3 aromatic rings. The van der Waals surface area contributed by atoms with Gasteiger partial charge in [-0.05, 0) is 36.4 Å². The van der Waals surface area contributed by atoms with Crippen LogP contribution < -0.4 is 14.8 Å². The van der Waals surface area contributed by atoms with Crippen LogP contribution in [0.1, 0.15) is 31.3 Å². The lowest BCUT2D eigenvalue weighted by molar-refractivity contribution is 0.0475. The predicted octanol–water partition coefficient (Wildman–Crippen LogP) is 3.73. The number of hydrogen-bond donors (Lipinski definition) is 1. The molecule has 1 aromatic heterocycles. The summed E-state index contributed by atoms with van der Waals surface area (Å²) in [4.78, 5) is 37.3. The Balaban J connectivity index is 1.83. The number of methoxy groups -OCH3 is 2. The van der Waals surface area contributed by atoms with Gasteiger partial charge in [0.15, 0.2) is 29.6 Å². The van der Waals surface area contributed by atoms with Gasteiger partial charge in [-0.2, -0.15) is 0 Å². The van der Waals surface area contributed by atoms with Crippen molar-refractivity contribution in [1.82, 2.24) is 0 Å². The maximum atomic E-state index is 13.0. The number of Topliss-reactive ketones (excluding diaryl/α,β-unsaturated/α-hetero) is 1. The number of hydrogen-bond acceptors (Lipinski definition) is 7. The Kier molecular flexibility index (Phi) is 6.66. The third kappa shape index (κ3) is 5.08. The van der Waals surface area contributed by atoms with E-state index in [9.17, 15) is 18.8 Å². The lowest BCUT2D eigenvalue weighted by Gasteiger charge is -2.15. The molecule has 8 nitrogen and oxygen atoms in total. The van der Waals surface area contributed by atoms with Gasteiger partial charge in [0.05, 0.1) is 31.7 Å². The quantitative estimate of drug-likeness (QED) is 0.431. The van der Waals surface area contributed by atoms with E-state index in [4.69, 9.17) is 18.6 Å². The van der Waals surface area contributed by atoms with E-state index in [0.717, 1.165) is 12.1 Å². The van der Waals surface area contributed by atoms with Crippen LogP contribution in [0.25, 0.3) is 0 Å².